The van der Waals surface area contributed by atoms with Gasteiger partial charge in [-0.15, -0.1) is 0 Å². The van der Waals surface area contributed by atoms with E-state index in [0.29, 0.717) is 5.75 Å². The molecular formula is C15H15F3N2O6S. The minimum absolute atomic E-state index is 0.0690. The van der Waals surface area contributed by atoms with Crippen molar-refractivity contribution >= 4 is 32.7 Å². The Morgan fingerprint density at radius 1 is 1.15 bits per heavy atom. The molecule has 148 valence electrons. The van der Waals surface area contributed by atoms with Gasteiger partial charge in [0.1, 0.15) is 5.75 Å². The number of nitrogens with two attached hydrogens (primary N) is 1. The number of primary amides is 1. The number of alkyl halides is 3. The number of sulfonamides is 1. The molecule has 2 rings (SSSR count). The second-order valence-corrected chi connectivity index (χ2v) is 6.74. The summed E-state index contributed by atoms with van der Waals surface area (Å²) in [5.74, 6) is -2.86. The molecule has 0 bridgehead atoms. The summed E-state index contributed by atoms with van der Waals surface area (Å²) in [7, 11) is -2.22. The zero-order chi connectivity index (χ0) is 20.8. The van der Waals surface area contributed by atoms with Crippen molar-refractivity contribution in [2.75, 3.05) is 13.7 Å². The molecule has 0 radical (unpaired) electrons. The van der Waals surface area contributed by atoms with Crippen LogP contribution in [0.5, 0.6) is 5.75 Å². The fourth-order valence-corrected chi connectivity index (χ4v) is 2.77. The first-order chi connectivity index (χ1) is 12.4. The largest absolute Gasteiger partial charge is 0.497 e. The van der Waals surface area contributed by atoms with Crippen LogP contribution in [-0.2, 0) is 19.6 Å². The van der Waals surface area contributed by atoms with Gasteiger partial charge in [0.2, 0.25) is 15.9 Å². The number of nitrogens with one attached hydrogen (secondary N) is 1. The van der Waals surface area contributed by atoms with Crippen molar-refractivity contribution in [2.45, 2.75) is 11.1 Å². The third-order valence-corrected chi connectivity index (χ3v) is 4.41. The van der Waals surface area contributed by atoms with E-state index in [0.717, 1.165) is 10.8 Å². The van der Waals surface area contributed by atoms with Crippen molar-refractivity contribution in [1.82, 2.24) is 4.72 Å². The van der Waals surface area contributed by atoms with Crippen molar-refractivity contribution < 1.29 is 41.0 Å². The number of ether oxygens (including phenoxy) is 1. The first-order valence-electron chi connectivity index (χ1n) is 7.02. The topological polar surface area (TPSA) is 136 Å². The van der Waals surface area contributed by atoms with Crippen molar-refractivity contribution in [3.63, 3.8) is 0 Å². The molecule has 2 aromatic rings. The van der Waals surface area contributed by atoms with Crippen molar-refractivity contribution in [1.29, 1.82) is 0 Å². The molecule has 0 saturated carbocycles. The van der Waals surface area contributed by atoms with E-state index >= 15 is 0 Å². The first-order valence-corrected chi connectivity index (χ1v) is 8.51. The predicted molar refractivity (Wildman–Crippen MR) is 88.6 cm³/mol. The molecule has 8 nitrogen and oxygen atoms in total. The van der Waals surface area contributed by atoms with Gasteiger partial charge in [-0.25, -0.2) is 17.9 Å². The zero-order valence-corrected chi connectivity index (χ0v) is 14.6. The Morgan fingerprint density at radius 3 is 2.19 bits per heavy atom. The van der Waals surface area contributed by atoms with E-state index in [-0.39, 0.29) is 4.90 Å². The molecule has 0 heterocycles. The first kappa shape index (κ1) is 22.2. The van der Waals surface area contributed by atoms with Gasteiger partial charge in [0.25, 0.3) is 0 Å². The third-order valence-electron chi connectivity index (χ3n) is 3.01. The highest BCUT2D eigenvalue weighted by Crippen LogP contribution is 2.23. The van der Waals surface area contributed by atoms with Gasteiger partial charge in [-0.1, -0.05) is 12.1 Å². The SMILES string of the molecule is COc1ccc2ccc(S(=O)(=O)NCC(N)=O)cc2c1.O=C(O)C(F)(F)F. The molecule has 27 heavy (non-hydrogen) atoms. The second kappa shape index (κ2) is 8.68. The van der Waals surface area contributed by atoms with E-state index in [1.165, 1.54) is 19.2 Å². The average Bonchev–Trinajstić information content (AvgIpc) is 2.58. The molecule has 0 aliphatic heterocycles. The van der Waals surface area contributed by atoms with Crippen LogP contribution in [0.1, 0.15) is 0 Å². The summed E-state index contributed by atoms with van der Waals surface area (Å²) in [5, 5.41) is 8.74. The van der Waals surface area contributed by atoms with E-state index in [4.69, 9.17) is 20.4 Å². The molecule has 0 aliphatic carbocycles. The van der Waals surface area contributed by atoms with Crippen LogP contribution in [-0.4, -0.2) is 45.2 Å². The highest BCUT2D eigenvalue weighted by molar-refractivity contribution is 7.89. The van der Waals surface area contributed by atoms with Crippen LogP contribution in [0.15, 0.2) is 41.3 Å². The van der Waals surface area contributed by atoms with Gasteiger partial charge in [-0.05, 0) is 35.0 Å². The van der Waals surface area contributed by atoms with Gasteiger partial charge in [-0.2, -0.15) is 13.2 Å². The molecule has 2 aromatic carbocycles. The maximum atomic E-state index is 12.0. The van der Waals surface area contributed by atoms with Gasteiger partial charge in [0, 0.05) is 0 Å². The van der Waals surface area contributed by atoms with Crippen LogP contribution >= 0.6 is 0 Å². The maximum absolute atomic E-state index is 12.0. The van der Waals surface area contributed by atoms with Gasteiger partial charge in [0.05, 0.1) is 18.6 Å². The van der Waals surface area contributed by atoms with Crippen molar-refractivity contribution in [2.24, 2.45) is 5.73 Å². The normalized spacial score (nSPS) is 11.4. The highest BCUT2D eigenvalue weighted by atomic mass is 32.2. The molecule has 0 fully saturated rings. The quantitative estimate of drug-likeness (QED) is 0.681. The number of carbonyl (C=O) groups is 2. The van der Waals surface area contributed by atoms with E-state index in [1.54, 1.807) is 18.2 Å². The summed E-state index contributed by atoms with van der Waals surface area (Å²) in [6.45, 7) is -0.432. The summed E-state index contributed by atoms with van der Waals surface area (Å²) < 4.78 is 62.9. The predicted octanol–water partition coefficient (Wildman–Crippen LogP) is 1.25. The lowest BCUT2D eigenvalue weighted by Crippen LogP contribution is -2.33. The number of carbonyl (C=O) groups excluding carboxylic acids is 1. The lowest BCUT2D eigenvalue weighted by molar-refractivity contribution is -0.192. The molecule has 1 amide bonds. The van der Waals surface area contributed by atoms with E-state index in [9.17, 15) is 26.4 Å². The van der Waals surface area contributed by atoms with Crippen LogP contribution < -0.4 is 15.2 Å². The number of rotatable bonds is 5. The Balaban J connectivity index is 0.000000445. The average molecular weight is 408 g/mol. The smallest absolute Gasteiger partial charge is 0.490 e. The molecule has 0 aromatic heterocycles. The standard InChI is InChI=1S/C13H14N2O4S.C2HF3O2/c1-19-11-4-2-9-3-5-12(7-10(9)6-11)20(17,18)15-8-13(14)16;3-2(4,5)1(6)7/h2-7,15H,8H2,1H3,(H2,14,16);(H,6,7). The van der Waals surface area contributed by atoms with Crippen LogP contribution in [0.3, 0.4) is 0 Å². The summed E-state index contributed by atoms with van der Waals surface area (Å²) in [6.07, 6.45) is -5.08. The van der Waals surface area contributed by atoms with Gasteiger partial charge >= 0.3 is 12.1 Å². The Bertz CT molecular complexity index is 944. The Morgan fingerprint density at radius 2 is 1.70 bits per heavy atom. The number of methoxy groups -OCH3 is 1. The minimum atomic E-state index is -5.08. The number of benzene rings is 2. The third kappa shape index (κ3) is 6.75. The van der Waals surface area contributed by atoms with E-state index in [2.05, 4.69) is 4.72 Å². The number of aliphatic carboxylic acids is 1. The number of carboxylic acids is 1. The van der Waals surface area contributed by atoms with Crippen molar-refractivity contribution in [3.8, 4) is 5.75 Å². The van der Waals surface area contributed by atoms with Crippen LogP contribution in [0.4, 0.5) is 13.2 Å². The summed E-state index contributed by atoms with van der Waals surface area (Å²) in [6, 6.07) is 10.0. The van der Waals surface area contributed by atoms with Crippen LogP contribution in [0.25, 0.3) is 10.8 Å². The van der Waals surface area contributed by atoms with Crippen molar-refractivity contribution in [3.05, 3.63) is 36.4 Å². The molecule has 0 unspecified atom stereocenters. The molecule has 4 N–H and O–H groups in total. The molecule has 0 atom stereocenters. The Kier molecular flexibility index (Phi) is 7.13. The summed E-state index contributed by atoms with van der Waals surface area (Å²) in [5.41, 5.74) is 4.92. The fraction of sp³-hybridized carbons (Fsp3) is 0.200. The van der Waals surface area contributed by atoms with Crippen LogP contribution in [0.2, 0.25) is 0 Å². The number of hydrogen-bond donors (Lipinski definition) is 3. The van der Waals surface area contributed by atoms with Gasteiger partial charge in [-0.3, -0.25) is 4.79 Å². The summed E-state index contributed by atoms with van der Waals surface area (Å²) in [4.78, 5) is 19.6. The highest BCUT2D eigenvalue weighted by Gasteiger charge is 2.38. The van der Waals surface area contributed by atoms with Crippen LogP contribution in [0, 0.1) is 0 Å². The fourth-order valence-electron chi connectivity index (χ4n) is 1.75. The number of halogens is 3. The maximum Gasteiger partial charge on any atom is 0.490 e. The van der Waals surface area contributed by atoms with Gasteiger partial charge in [0.15, 0.2) is 0 Å². The second-order valence-electron chi connectivity index (χ2n) is 4.97. The molecule has 12 heteroatoms. The molecule has 0 spiro atoms. The number of fused-ring (bicyclic) bond motifs is 1. The lowest BCUT2D eigenvalue weighted by Gasteiger charge is -2.07. The lowest BCUT2D eigenvalue weighted by atomic mass is 10.1. The van der Waals surface area contributed by atoms with E-state index < -0.39 is 34.6 Å². The zero-order valence-electron chi connectivity index (χ0n) is 13.8. The monoisotopic (exact) mass is 408 g/mol. The Labute approximate surface area is 151 Å². The minimum Gasteiger partial charge on any atom is -0.497 e. The molecule has 0 aliphatic rings. The number of carboxylic acid groups (broad SMARTS) is 1. The van der Waals surface area contributed by atoms with E-state index in [1.807, 2.05) is 6.07 Å². The molecular weight excluding hydrogens is 393 g/mol. The number of amides is 1. The Hall–Kier alpha value is -2.86. The molecule has 0 saturated heterocycles. The van der Waals surface area contributed by atoms with Gasteiger partial charge < -0.3 is 15.6 Å². The summed E-state index contributed by atoms with van der Waals surface area (Å²) >= 11 is 0. The number of hydrogen-bond acceptors (Lipinski definition) is 5.